The molecule has 0 bridgehead atoms. The minimum absolute atomic E-state index is 0.138. The van der Waals surface area contributed by atoms with Crippen LogP contribution in [-0.2, 0) is 6.61 Å². The lowest BCUT2D eigenvalue weighted by Gasteiger charge is -2.32. The summed E-state index contributed by atoms with van der Waals surface area (Å²) in [5.41, 5.74) is 1.49. The number of aliphatic hydroxyl groups excluding tert-OH is 2. The van der Waals surface area contributed by atoms with Gasteiger partial charge in [-0.25, -0.2) is 4.39 Å². The number of pyridine rings is 1. The SMILES string of the molecule is O=c1cc(CO)c2cc(F)c(N3CCC(O)CC3)cc2n1C1CC1. The summed E-state index contributed by atoms with van der Waals surface area (Å²) in [7, 11) is 0. The molecule has 2 N–H and O–H groups in total. The lowest BCUT2D eigenvalue weighted by molar-refractivity contribution is 0.145. The molecule has 2 aliphatic rings. The van der Waals surface area contributed by atoms with E-state index < -0.39 is 0 Å². The van der Waals surface area contributed by atoms with Crippen LogP contribution in [-0.4, -0.2) is 34.0 Å². The molecule has 2 heterocycles. The van der Waals surface area contributed by atoms with Gasteiger partial charge in [0.25, 0.3) is 5.56 Å². The van der Waals surface area contributed by atoms with E-state index >= 15 is 0 Å². The lowest BCUT2D eigenvalue weighted by Crippen LogP contribution is -2.36. The summed E-state index contributed by atoms with van der Waals surface area (Å²) in [5.74, 6) is -0.352. The molecule has 0 unspecified atom stereocenters. The zero-order chi connectivity index (χ0) is 16.8. The molecular weight excluding hydrogens is 311 g/mol. The highest BCUT2D eigenvalue weighted by atomic mass is 19.1. The largest absolute Gasteiger partial charge is 0.393 e. The van der Waals surface area contributed by atoms with E-state index in [1.807, 2.05) is 4.90 Å². The van der Waals surface area contributed by atoms with Gasteiger partial charge in [0.15, 0.2) is 0 Å². The van der Waals surface area contributed by atoms with Gasteiger partial charge >= 0.3 is 0 Å². The predicted octanol–water partition coefficient (Wildman–Crippen LogP) is 1.93. The maximum Gasteiger partial charge on any atom is 0.251 e. The fourth-order valence-corrected chi connectivity index (χ4v) is 3.61. The van der Waals surface area contributed by atoms with Crippen LogP contribution in [0.25, 0.3) is 10.9 Å². The molecule has 1 aromatic carbocycles. The standard InChI is InChI=1S/C18H21FN2O3/c19-15-8-14-11(10-22)7-18(24)21(12-1-2-12)16(14)9-17(15)20-5-3-13(23)4-6-20/h7-9,12-13,22-23H,1-6,10H2. The Morgan fingerprint density at radius 2 is 1.83 bits per heavy atom. The van der Waals surface area contributed by atoms with E-state index in [1.165, 1.54) is 12.1 Å². The maximum atomic E-state index is 14.7. The van der Waals surface area contributed by atoms with E-state index in [1.54, 1.807) is 10.6 Å². The van der Waals surface area contributed by atoms with Gasteiger partial charge in [-0.05, 0) is 43.4 Å². The van der Waals surface area contributed by atoms with E-state index in [0.717, 1.165) is 12.8 Å². The first-order chi connectivity index (χ1) is 11.6. The van der Waals surface area contributed by atoms with Gasteiger partial charge in [0.2, 0.25) is 0 Å². The summed E-state index contributed by atoms with van der Waals surface area (Å²) >= 11 is 0. The lowest BCUT2D eigenvalue weighted by atomic mass is 10.0. The van der Waals surface area contributed by atoms with Crippen LogP contribution >= 0.6 is 0 Å². The van der Waals surface area contributed by atoms with Crippen LogP contribution in [0, 0.1) is 5.82 Å². The number of hydrogen-bond acceptors (Lipinski definition) is 4. The van der Waals surface area contributed by atoms with Crippen molar-refractivity contribution in [2.45, 2.75) is 44.4 Å². The highest BCUT2D eigenvalue weighted by Crippen LogP contribution is 2.38. The normalized spacial score (nSPS) is 19.2. The smallest absolute Gasteiger partial charge is 0.251 e. The van der Waals surface area contributed by atoms with Crippen LogP contribution in [0.4, 0.5) is 10.1 Å². The zero-order valence-electron chi connectivity index (χ0n) is 13.4. The molecule has 1 aromatic heterocycles. The van der Waals surface area contributed by atoms with Crippen LogP contribution in [0.5, 0.6) is 0 Å². The second-order valence-electron chi connectivity index (χ2n) is 6.81. The number of rotatable bonds is 3. The number of nitrogens with zero attached hydrogens (tertiary/aromatic N) is 2. The number of piperidine rings is 1. The Bertz CT molecular complexity index is 836. The quantitative estimate of drug-likeness (QED) is 0.901. The van der Waals surface area contributed by atoms with Crippen molar-refractivity contribution in [2.24, 2.45) is 0 Å². The third kappa shape index (κ3) is 2.59. The summed E-state index contributed by atoms with van der Waals surface area (Å²) < 4.78 is 16.4. The molecule has 128 valence electrons. The molecule has 0 spiro atoms. The Labute approximate surface area is 138 Å². The molecule has 0 amide bonds. The minimum atomic E-state index is -0.352. The van der Waals surface area contributed by atoms with Crippen LogP contribution in [0.2, 0.25) is 0 Å². The number of halogens is 1. The van der Waals surface area contributed by atoms with Gasteiger partial charge in [0.05, 0.1) is 23.9 Å². The van der Waals surface area contributed by atoms with Crippen molar-refractivity contribution in [2.75, 3.05) is 18.0 Å². The minimum Gasteiger partial charge on any atom is -0.393 e. The molecule has 0 atom stereocenters. The van der Waals surface area contributed by atoms with Crippen LogP contribution < -0.4 is 10.5 Å². The number of aliphatic hydroxyl groups is 2. The molecule has 24 heavy (non-hydrogen) atoms. The van der Waals surface area contributed by atoms with Crippen LogP contribution in [0.15, 0.2) is 23.0 Å². The Morgan fingerprint density at radius 3 is 2.46 bits per heavy atom. The second-order valence-corrected chi connectivity index (χ2v) is 6.81. The van der Waals surface area contributed by atoms with E-state index in [2.05, 4.69) is 0 Å². The Hall–Kier alpha value is -1.92. The van der Waals surface area contributed by atoms with Crippen molar-refractivity contribution in [3.63, 3.8) is 0 Å². The fourth-order valence-electron chi connectivity index (χ4n) is 3.61. The number of benzene rings is 1. The van der Waals surface area contributed by atoms with Crippen LogP contribution in [0.3, 0.4) is 0 Å². The summed E-state index contributed by atoms with van der Waals surface area (Å²) in [4.78, 5) is 14.3. The van der Waals surface area contributed by atoms with Gasteiger partial charge in [-0.15, -0.1) is 0 Å². The average molecular weight is 332 g/mol. The van der Waals surface area contributed by atoms with Crippen molar-refractivity contribution in [1.82, 2.24) is 4.57 Å². The molecule has 2 fully saturated rings. The summed E-state index contributed by atoms with van der Waals surface area (Å²) in [6, 6.07) is 4.76. The van der Waals surface area contributed by atoms with Crippen molar-refractivity contribution in [3.8, 4) is 0 Å². The molecule has 1 aliphatic carbocycles. The molecular formula is C18H21FN2O3. The summed E-state index contributed by atoms with van der Waals surface area (Å²) in [6.07, 6.45) is 2.81. The number of anilines is 1. The van der Waals surface area contributed by atoms with Gasteiger partial charge in [-0.3, -0.25) is 4.79 Å². The summed E-state index contributed by atoms with van der Waals surface area (Å²) in [5, 5.41) is 19.8. The highest BCUT2D eigenvalue weighted by molar-refractivity contribution is 5.86. The molecule has 1 saturated carbocycles. The number of aromatic nitrogens is 1. The third-order valence-corrected chi connectivity index (χ3v) is 5.09. The van der Waals surface area contributed by atoms with Gasteiger partial charge in [-0.2, -0.15) is 0 Å². The predicted molar refractivity (Wildman–Crippen MR) is 89.8 cm³/mol. The molecule has 5 nitrogen and oxygen atoms in total. The molecule has 2 aromatic rings. The first kappa shape index (κ1) is 15.6. The first-order valence-corrected chi connectivity index (χ1v) is 8.50. The summed E-state index contributed by atoms with van der Waals surface area (Å²) in [6.45, 7) is 0.903. The highest BCUT2D eigenvalue weighted by Gasteiger charge is 2.28. The Kier molecular flexibility index (Phi) is 3.81. The van der Waals surface area contributed by atoms with Crippen LogP contribution in [0.1, 0.15) is 37.3 Å². The topological polar surface area (TPSA) is 65.7 Å². The van der Waals surface area contributed by atoms with E-state index in [-0.39, 0.29) is 30.1 Å². The van der Waals surface area contributed by atoms with Gasteiger partial charge in [-0.1, -0.05) is 0 Å². The van der Waals surface area contributed by atoms with E-state index in [9.17, 15) is 19.4 Å². The monoisotopic (exact) mass is 332 g/mol. The fraction of sp³-hybridized carbons (Fsp3) is 0.500. The van der Waals surface area contributed by atoms with Crippen molar-refractivity contribution in [1.29, 1.82) is 0 Å². The molecule has 6 heteroatoms. The Balaban J connectivity index is 1.89. The number of fused-ring (bicyclic) bond motifs is 1. The third-order valence-electron chi connectivity index (χ3n) is 5.09. The average Bonchev–Trinajstić information content (AvgIpc) is 3.39. The number of hydrogen-bond donors (Lipinski definition) is 2. The van der Waals surface area contributed by atoms with Crippen molar-refractivity contribution in [3.05, 3.63) is 39.9 Å². The van der Waals surface area contributed by atoms with Gasteiger partial charge in [0, 0.05) is 30.6 Å². The zero-order valence-corrected chi connectivity index (χ0v) is 13.4. The van der Waals surface area contributed by atoms with Gasteiger partial charge < -0.3 is 19.7 Å². The van der Waals surface area contributed by atoms with Crippen molar-refractivity contribution < 1.29 is 14.6 Å². The Morgan fingerprint density at radius 1 is 1.12 bits per heavy atom. The van der Waals surface area contributed by atoms with Crippen molar-refractivity contribution >= 4 is 16.6 Å². The van der Waals surface area contributed by atoms with E-state index in [4.69, 9.17) is 0 Å². The molecule has 0 radical (unpaired) electrons. The molecule has 1 aliphatic heterocycles. The maximum absolute atomic E-state index is 14.7. The first-order valence-electron chi connectivity index (χ1n) is 8.50. The molecule has 4 rings (SSSR count). The van der Waals surface area contributed by atoms with Gasteiger partial charge in [0.1, 0.15) is 5.82 Å². The van der Waals surface area contributed by atoms with E-state index in [0.29, 0.717) is 48.1 Å². The molecule has 1 saturated heterocycles. The second kappa shape index (κ2) is 5.86.